The molecule has 0 aliphatic heterocycles. The lowest BCUT2D eigenvalue weighted by atomic mass is 9.92. The van der Waals surface area contributed by atoms with Gasteiger partial charge in [-0.3, -0.25) is 4.55 Å². The van der Waals surface area contributed by atoms with Crippen LogP contribution in [0.15, 0.2) is 0 Å². The third kappa shape index (κ3) is 7.29. The van der Waals surface area contributed by atoms with Crippen LogP contribution in [0, 0.1) is 5.92 Å². The van der Waals surface area contributed by atoms with Gasteiger partial charge in [0.25, 0.3) is 0 Å². The molecule has 4 nitrogen and oxygen atoms in total. The first-order valence-electron chi connectivity index (χ1n) is 4.84. The van der Waals surface area contributed by atoms with Gasteiger partial charge in [-0.2, -0.15) is 8.42 Å². The predicted molar refractivity (Wildman–Crippen MR) is 55.4 cm³/mol. The van der Waals surface area contributed by atoms with Crippen LogP contribution in [0.3, 0.4) is 0 Å². The highest BCUT2D eigenvalue weighted by Gasteiger charge is 2.27. The number of hydrogen-bond donors (Lipinski definition) is 1. The van der Waals surface area contributed by atoms with Gasteiger partial charge in [0.1, 0.15) is 0 Å². The molecule has 0 spiro atoms. The van der Waals surface area contributed by atoms with Gasteiger partial charge in [0, 0.05) is 0 Å². The van der Waals surface area contributed by atoms with Crippen molar-refractivity contribution in [2.75, 3.05) is 0 Å². The van der Waals surface area contributed by atoms with Crippen LogP contribution in [0.1, 0.15) is 47.0 Å². The van der Waals surface area contributed by atoms with Gasteiger partial charge in [-0.15, -0.1) is 0 Å². The molecule has 0 saturated heterocycles. The minimum atomic E-state index is -4.34. The Kier molecular flexibility index (Phi) is 5.05. The fourth-order valence-electron chi connectivity index (χ4n) is 1.75. The predicted octanol–water partition coefficient (Wildman–Crippen LogP) is 2.41. The van der Waals surface area contributed by atoms with Crippen molar-refractivity contribution in [2.24, 2.45) is 5.92 Å². The lowest BCUT2D eigenvalue weighted by Crippen LogP contribution is -2.30. The molecule has 0 aromatic carbocycles. The molecule has 1 unspecified atom stereocenters. The Bertz CT molecular complexity index is 256. The topological polar surface area (TPSA) is 63.6 Å². The van der Waals surface area contributed by atoms with Gasteiger partial charge in [-0.1, -0.05) is 26.7 Å². The summed E-state index contributed by atoms with van der Waals surface area (Å²) in [5, 5.41) is 0. The van der Waals surface area contributed by atoms with Gasteiger partial charge < -0.3 is 0 Å². The van der Waals surface area contributed by atoms with E-state index in [4.69, 9.17) is 4.55 Å². The van der Waals surface area contributed by atoms with E-state index in [-0.39, 0.29) is 0 Å². The fourth-order valence-corrected chi connectivity index (χ4v) is 2.39. The molecule has 0 aliphatic rings. The quantitative estimate of drug-likeness (QED) is 0.704. The number of hydrogen-bond acceptors (Lipinski definition) is 3. The van der Waals surface area contributed by atoms with E-state index in [0.717, 1.165) is 12.8 Å². The van der Waals surface area contributed by atoms with Crippen LogP contribution < -0.4 is 0 Å². The highest BCUT2D eigenvalue weighted by atomic mass is 32.3. The maximum Gasteiger partial charge on any atom is 0.397 e. The highest BCUT2D eigenvalue weighted by Crippen LogP contribution is 2.24. The van der Waals surface area contributed by atoms with E-state index in [2.05, 4.69) is 11.1 Å². The fraction of sp³-hybridized carbons (Fsp3) is 1.00. The molecule has 14 heavy (non-hydrogen) atoms. The summed E-state index contributed by atoms with van der Waals surface area (Å²) in [4.78, 5) is 0. The normalized spacial score (nSPS) is 15.5. The van der Waals surface area contributed by atoms with Crippen LogP contribution in [0.5, 0.6) is 0 Å². The zero-order valence-electron chi connectivity index (χ0n) is 9.28. The lowest BCUT2D eigenvalue weighted by Gasteiger charge is -2.25. The summed E-state index contributed by atoms with van der Waals surface area (Å²) in [7, 11) is -4.34. The second-order valence-corrected chi connectivity index (χ2v) is 5.39. The summed E-state index contributed by atoms with van der Waals surface area (Å²) < 4.78 is 34.2. The monoisotopic (exact) mass is 224 g/mol. The molecule has 0 amide bonds. The Labute approximate surface area is 86.6 Å². The van der Waals surface area contributed by atoms with Gasteiger partial charge in [-0.25, -0.2) is 4.18 Å². The largest absolute Gasteiger partial charge is 0.397 e. The molecule has 0 saturated carbocycles. The van der Waals surface area contributed by atoms with E-state index in [1.54, 1.807) is 13.8 Å². The molecule has 1 N–H and O–H groups in total. The van der Waals surface area contributed by atoms with Crippen molar-refractivity contribution in [1.29, 1.82) is 0 Å². The summed E-state index contributed by atoms with van der Waals surface area (Å²) in [6.45, 7) is 7.44. The second kappa shape index (κ2) is 5.09. The Balaban J connectivity index is 4.20. The third-order valence-corrected chi connectivity index (χ3v) is 2.61. The molecule has 0 heterocycles. The first kappa shape index (κ1) is 13.9. The third-order valence-electron chi connectivity index (χ3n) is 1.95. The summed E-state index contributed by atoms with van der Waals surface area (Å²) in [6, 6.07) is 0. The average Bonchev–Trinajstić information content (AvgIpc) is 1.78. The SMILES string of the molecule is CCCC(C)CC(C)(C)OS(=O)(=O)O. The Morgan fingerprint density at radius 2 is 1.93 bits per heavy atom. The first-order chi connectivity index (χ1) is 6.16. The van der Waals surface area contributed by atoms with Crippen LogP contribution in [0.2, 0.25) is 0 Å². The van der Waals surface area contributed by atoms with Gasteiger partial charge in [0.05, 0.1) is 5.60 Å². The van der Waals surface area contributed by atoms with Gasteiger partial charge in [0.2, 0.25) is 0 Å². The minimum Gasteiger partial charge on any atom is -0.264 e. The molecule has 0 bridgehead atoms. The van der Waals surface area contributed by atoms with E-state index < -0.39 is 16.0 Å². The minimum absolute atomic E-state index is 0.386. The molecule has 5 heteroatoms. The molecular weight excluding hydrogens is 204 g/mol. The number of rotatable bonds is 6. The lowest BCUT2D eigenvalue weighted by molar-refractivity contribution is 0.0737. The van der Waals surface area contributed by atoms with Crippen molar-refractivity contribution in [3.63, 3.8) is 0 Å². The summed E-state index contributed by atoms with van der Waals surface area (Å²) in [6.07, 6.45) is 2.70. The second-order valence-electron chi connectivity index (χ2n) is 4.37. The Hall–Kier alpha value is -0.130. The molecule has 0 aromatic heterocycles. The van der Waals surface area contributed by atoms with Crippen molar-refractivity contribution < 1.29 is 17.2 Å². The molecular formula is C9H20O4S. The first-order valence-corrected chi connectivity index (χ1v) is 6.21. The molecule has 0 rings (SSSR count). The molecule has 0 aliphatic carbocycles. The molecule has 1 atom stereocenters. The van der Waals surface area contributed by atoms with E-state index in [1.807, 2.05) is 6.92 Å². The van der Waals surface area contributed by atoms with Crippen molar-refractivity contribution in [1.82, 2.24) is 0 Å². The smallest absolute Gasteiger partial charge is 0.264 e. The maximum atomic E-state index is 10.5. The zero-order chi connectivity index (χ0) is 11.4. The van der Waals surface area contributed by atoms with Crippen LogP contribution in [-0.2, 0) is 14.6 Å². The average molecular weight is 224 g/mol. The van der Waals surface area contributed by atoms with Gasteiger partial charge >= 0.3 is 10.4 Å². The summed E-state index contributed by atoms with van der Waals surface area (Å²) in [5.74, 6) is 0.386. The Morgan fingerprint density at radius 3 is 2.29 bits per heavy atom. The van der Waals surface area contributed by atoms with E-state index >= 15 is 0 Å². The van der Waals surface area contributed by atoms with Crippen LogP contribution in [-0.4, -0.2) is 18.6 Å². The summed E-state index contributed by atoms with van der Waals surface area (Å²) >= 11 is 0. The Morgan fingerprint density at radius 1 is 1.43 bits per heavy atom. The van der Waals surface area contributed by atoms with Gasteiger partial charge in [-0.05, 0) is 26.2 Å². The molecule has 86 valence electrons. The van der Waals surface area contributed by atoms with Crippen molar-refractivity contribution >= 4 is 10.4 Å². The van der Waals surface area contributed by atoms with E-state index in [1.165, 1.54) is 0 Å². The molecule has 0 radical (unpaired) electrons. The van der Waals surface area contributed by atoms with Crippen molar-refractivity contribution in [2.45, 2.75) is 52.6 Å². The highest BCUT2D eigenvalue weighted by molar-refractivity contribution is 7.80. The van der Waals surface area contributed by atoms with Crippen molar-refractivity contribution in [3.8, 4) is 0 Å². The van der Waals surface area contributed by atoms with E-state index in [9.17, 15) is 8.42 Å². The van der Waals surface area contributed by atoms with Crippen LogP contribution in [0.4, 0.5) is 0 Å². The van der Waals surface area contributed by atoms with Gasteiger partial charge in [0.15, 0.2) is 0 Å². The summed E-state index contributed by atoms with van der Waals surface area (Å²) in [5.41, 5.74) is -0.831. The van der Waals surface area contributed by atoms with Crippen molar-refractivity contribution in [3.05, 3.63) is 0 Å². The zero-order valence-corrected chi connectivity index (χ0v) is 10.1. The molecule has 0 fully saturated rings. The van der Waals surface area contributed by atoms with E-state index in [0.29, 0.717) is 12.3 Å². The standard InChI is InChI=1S/C9H20O4S/c1-5-6-8(2)7-9(3,4)13-14(10,11)12/h8H,5-7H2,1-4H3,(H,10,11,12). The molecule has 0 aromatic rings. The van der Waals surface area contributed by atoms with Crippen LogP contribution >= 0.6 is 0 Å². The maximum absolute atomic E-state index is 10.5. The van der Waals surface area contributed by atoms with Crippen LogP contribution in [0.25, 0.3) is 0 Å².